The van der Waals surface area contributed by atoms with Crippen molar-refractivity contribution < 1.29 is 14.6 Å². The van der Waals surface area contributed by atoms with Crippen LogP contribution in [0, 0.1) is 0 Å². The minimum Gasteiger partial charge on any atom is -0.489 e. The van der Waals surface area contributed by atoms with E-state index in [4.69, 9.17) is 15.2 Å². The Kier molecular flexibility index (Phi) is 13.9. The van der Waals surface area contributed by atoms with Gasteiger partial charge >= 0.3 is 0 Å². The predicted octanol–water partition coefficient (Wildman–Crippen LogP) is 7.63. The van der Waals surface area contributed by atoms with E-state index in [0.717, 1.165) is 49.9 Å². The van der Waals surface area contributed by atoms with E-state index in [1.54, 1.807) is 0 Å². The van der Waals surface area contributed by atoms with Gasteiger partial charge in [0.2, 0.25) is 0 Å². The van der Waals surface area contributed by atoms with E-state index in [0.29, 0.717) is 30.4 Å². The monoisotopic (exact) mass is 474 g/mol. The van der Waals surface area contributed by atoms with Gasteiger partial charge in [-0.25, -0.2) is 0 Å². The summed E-state index contributed by atoms with van der Waals surface area (Å²) < 4.78 is 12.5. The van der Waals surface area contributed by atoms with Gasteiger partial charge in [-0.1, -0.05) is 91.4 Å². The van der Waals surface area contributed by atoms with E-state index in [1.165, 1.54) is 57.8 Å². The summed E-state index contributed by atoms with van der Waals surface area (Å²) in [6.45, 7) is 8.67. The van der Waals surface area contributed by atoms with Crippen LogP contribution in [0.4, 0.5) is 11.4 Å². The summed E-state index contributed by atoms with van der Waals surface area (Å²) in [5.74, 6) is 1.25. The van der Waals surface area contributed by atoms with Crippen LogP contribution in [-0.4, -0.2) is 31.1 Å². The minimum atomic E-state index is -0.846. The maximum Gasteiger partial charge on any atom is 0.190 e. The molecule has 0 amide bonds. The molecule has 5 nitrogen and oxygen atoms in total. The van der Waals surface area contributed by atoms with E-state index in [1.807, 2.05) is 18.2 Å². The number of nitrogens with two attached hydrogens (primary N) is 1. The van der Waals surface area contributed by atoms with Crippen LogP contribution < -0.4 is 10.6 Å². The Labute approximate surface area is 208 Å². The average molecular weight is 475 g/mol. The summed E-state index contributed by atoms with van der Waals surface area (Å²) in [6.07, 6.45) is 15.5. The normalized spacial score (nSPS) is 15.5. The van der Waals surface area contributed by atoms with Gasteiger partial charge in [0.05, 0.1) is 18.9 Å². The van der Waals surface area contributed by atoms with E-state index in [2.05, 4.69) is 25.7 Å². The van der Waals surface area contributed by atoms with Gasteiger partial charge in [-0.05, 0) is 37.5 Å². The van der Waals surface area contributed by atoms with Crippen LogP contribution in [0.3, 0.4) is 0 Å². The summed E-state index contributed by atoms with van der Waals surface area (Å²) >= 11 is 0. The van der Waals surface area contributed by atoms with Gasteiger partial charge in [-0.15, -0.1) is 0 Å². The van der Waals surface area contributed by atoms with E-state index in [-0.39, 0.29) is 0 Å². The number of aliphatic hydroxyl groups is 1. The molecule has 34 heavy (non-hydrogen) atoms. The maximum atomic E-state index is 11.4. The zero-order chi connectivity index (χ0) is 24.6. The van der Waals surface area contributed by atoms with E-state index in [9.17, 15) is 5.11 Å². The smallest absolute Gasteiger partial charge is 0.190 e. The van der Waals surface area contributed by atoms with E-state index >= 15 is 0 Å². The molecule has 1 aromatic rings. The van der Waals surface area contributed by atoms with Crippen molar-refractivity contribution in [2.24, 2.45) is 0 Å². The molecule has 2 rings (SSSR count). The molecule has 0 radical (unpaired) electrons. The quantitative estimate of drug-likeness (QED) is 0.159. The fourth-order valence-electron chi connectivity index (χ4n) is 4.51. The van der Waals surface area contributed by atoms with Gasteiger partial charge in [-0.2, -0.15) is 0 Å². The lowest BCUT2D eigenvalue weighted by Crippen LogP contribution is -2.42. The molecule has 0 spiro atoms. The lowest BCUT2D eigenvalue weighted by molar-refractivity contribution is 0.0857. The van der Waals surface area contributed by atoms with Crippen LogP contribution in [0.1, 0.15) is 116 Å². The zero-order valence-electron chi connectivity index (χ0n) is 22.1. The Hall–Kier alpha value is -1.88. The molecule has 0 saturated heterocycles. The van der Waals surface area contributed by atoms with Crippen LogP contribution in [0.25, 0.3) is 5.76 Å². The highest BCUT2D eigenvalue weighted by Gasteiger charge is 2.34. The van der Waals surface area contributed by atoms with Crippen molar-refractivity contribution in [2.45, 2.75) is 117 Å². The van der Waals surface area contributed by atoms with Gasteiger partial charge in [-0.3, -0.25) is 0 Å². The first-order chi connectivity index (χ1) is 16.6. The Morgan fingerprint density at radius 1 is 0.765 bits per heavy atom. The molecule has 0 fully saturated rings. The summed E-state index contributed by atoms with van der Waals surface area (Å²) in [5, 5.41) is 11.4. The van der Waals surface area contributed by atoms with Crippen LogP contribution in [-0.2, 0) is 9.47 Å². The molecule has 1 heterocycles. The molecular formula is C29H50N2O3. The molecule has 3 N–H and O–H groups in total. The average Bonchev–Trinajstić information content (AvgIpc) is 2.83. The SMILES string of the molecule is CCCCCCCCN1c2cc(N)ccc2C(OCCCCCC)=C(OCCCCCC)C1O. The highest BCUT2D eigenvalue weighted by atomic mass is 16.5. The van der Waals surface area contributed by atoms with Crippen LogP contribution >= 0.6 is 0 Å². The molecule has 1 aliphatic rings. The third-order valence-electron chi connectivity index (χ3n) is 6.58. The number of anilines is 2. The number of nitrogens with zero attached hydrogens (tertiary/aromatic N) is 1. The van der Waals surface area contributed by atoms with Gasteiger partial charge in [0.1, 0.15) is 0 Å². The number of aliphatic hydroxyl groups excluding tert-OH is 1. The number of hydrogen-bond donors (Lipinski definition) is 2. The van der Waals surface area contributed by atoms with Crippen molar-refractivity contribution in [1.29, 1.82) is 0 Å². The number of rotatable bonds is 19. The largest absolute Gasteiger partial charge is 0.489 e. The van der Waals surface area contributed by atoms with Crippen molar-refractivity contribution in [3.63, 3.8) is 0 Å². The highest BCUT2D eigenvalue weighted by Crippen LogP contribution is 2.40. The number of hydrogen-bond acceptors (Lipinski definition) is 5. The Bertz CT molecular complexity index is 719. The van der Waals surface area contributed by atoms with Crippen molar-refractivity contribution >= 4 is 17.1 Å². The highest BCUT2D eigenvalue weighted by molar-refractivity contribution is 5.81. The summed E-state index contributed by atoms with van der Waals surface area (Å²) in [7, 11) is 0. The fraction of sp³-hybridized carbons (Fsp3) is 0.724. The summed E-state index contributed by atoms with van der Waals surface area (Å²) in [5.41, 5.74) is 8.79. The first kappa shape index (κ1) is 28.4. The molecule has 0 saturated carbocycles. The van der Waals surface area contributed by atoms with Crippen LogP contribution in [0.5, 0.6) is 0 Å². The third kappa shape index (κ3) is 9.05. The number of fused-ring (bicyclic) bond motifs is 1. The lowest BCUT2D eigenvalue weighted by atomic mass is 10.0. The molecule has 194 valence electrons. The van der Waals surface area contributed by atoms with Crippen molar-refractivity contribution in [2.75, 3.05) is 30.4 Å². The second-order valence-corrected chi connectivity index (χ2v) is 9.62. The van der Waals surface area contributed by atoms with Crippen molar-refractivity contribution in [3.05, 3.63) is 29.5 Å². The predicted molar refractivity (Wildman–Crippen MR) is 145 cm³/mol. The van der Waals surface area contributed by atoms with Crippen LogP contribution in [0.15, 0.2) is 24.0 Å². The lowest BCUT2D eigenvalue weighted by Gasteiger charge is -2.38. The molecule has 1 atom stereocenters. The maximum absolute atomic E-state index is 11.4. The first-order valence-electron chi connectivity index (χ1n) is 14.0. The Morgan fingerprint density at radius 2 is 1.32 bits per heavy atom. The first-order valence-corrected chi connectivity index (χ1v) is 14.0. The summed E-state index contributed by atoms with van der Waals surface area (Å²) in [4.78, 5) is 2.05. The molecule has 0 bridgehead atoms. The van der Waals surface area contributed by atoms with Crippen molar-refractivity contribution in [1.82, 2.24) is 0 Å². The molecule has 5 heteroatoms. The molecule has 1 unspecified atom stereocenters. The number of ether oxygens (including phenoxy) is 2. The van der Waals surface area contributed by atoms with Crippen molar-refractivity contribution in [3.8, 4) is 0 Å². The van der Waals surface area contributed by atoms with Crippen LogP contribution in [0.2, 0.25) is 0 Å². The topological polar surface area (TPSA) is 68.0 Å². The van der Waals surface area contributed by atoms with Gasteiger partial charge < -0.3 is 25.2 Å². The third-order valence-corrected chi connectivity index (χ3v) is 6.58. The van der Waals surface area contributed by atoms with Gasteiger partial charge in [0.15, 0.2) is 17.7 Å². The number of benzene rings is 1. The molecule has 1 aliphatic heterocycles. The molecule has 1 aromatic carbocycles. The molecule has 0 aromatic heterocycles. The molecule has 0 aliphatic carbocycles. The Balaban J connectivity index is 2.19. The van der Waals surface area contributed by atoms with Gasteiger partial charge in [0, 0.05) is 17.8 Å². The number of unbranched alkanes of at least 4 members (excludes halogenated alkanes) is 11. The fourth-order valence-corrected chi connectivity index (χ4v) is 4.51. The van der Waals surface area contributed by atoms with E-state index < -0.39 is 6.23 Å². The second kappa shape index (κ2) is 16.7. The zero-order valence-corrected chi connectivity index (χ0v) is 22.1. The minimum absolute atomic E-state index is 0.565. The Morgan fingerprint density at radius 3 is 1.97 bits per heavy atom. The number of nitrogen functional groups attached to an aromatic ring is 1. The summed E-state index contributed by atoms with van der Waals surface area (Å²) in [6, 6.07) is 5.90. The van der Waals surface area contributed by atoms with Gasteiger partial charge in [0.25, 0.3) is 0 Å². The standard InChI is InChI=1S/C29H50N2O3/c1-4-7-10-13-14-15-20-31-26-23-24(30)18-19-25(26)27(33-21-16-11-8-5-2)28(29(31)32)34-22-17-12-9-6-3/h18-19,23,29,32H,4-17,20-22,30H2,1-3H3. The molecular weight excluding hydrogens is 424 g/mol. The second-order valence-electron chi connectivity index (χ2n) is 9.62.